The van der Waals surface area contributed by atoms with Crippen LogP contribution in [0.2, 0.25) is 0 Å². The zero-order chi connectivity index (χ0) is 96.1. The maximum absolute atomic E-state index is 13.9. The molecule has 784 valence electrons. The van der Waals surface area contributed by atoms with Gasteiger partial charge in [0.15, 0.2) is 0 Å². The van der Waals surface area contributed by atoms with Gasteiger partial charge in [-0.15, -0.1) is 11.8 Å². The van der Waals surface area contributed by atoms with Gasteiger partial charge in [0.05, 0.1) is 395 Å². The van der Waals surface area contributed by atoms with Crippen LogP contribution in [-0.2, 0) is 180 Å². The standard InChI is InChI=1S/C88H168N6O38S/c1-79(2)133-80-75-86(100)94(87(80)101)18-8-6-7-9-81(95)89-14-23-106-34-39-114-50-49-113-38-33-105-19-13-85(99)93-88(76-130-20-10-82(96)90-15-24-107-35-40-115-51-54-121-63-66-127-72-69-124-60-57-118-46-43-110-30-27-102-3,77-131-21-11-83(97)91-16-25-108-36-41-116-52-55-122-64-67-128-73-70-125-61-58-119-47-44-111-31-28-103-4)78-132-22-12-84(98)92-17-26-109-37-42-117-53-56-123-65-68-129-74-71-126-62-59-120-48-45-112-32-29-104-5/h79-80H,6-78H2,1-5H3,(H,89,95)(H,90,96)(H,91,97)(H,92,98)(H,93,99). The van der Waals surface area contributed by atoms with Crippen LogP contribution in [0.5, 0.6) is 0 Å². The molecule has 5 N–H and O–H groups in total. The van der Waals surface area contributed by atoms with Crippen molar-refractivity contribution in [1.82, 2.24) is 31.5 Å². The van der Waals surface area contributed by atoms with E-state index in [1.54, 1.807) is 21.3 Å². The van der Waals surface area contributed by atoms with Crippen LogP contribution in [0.4, 0.5) is 0 Å². The van der Waals surface area contributed by atoms with Gasteiger partial charge in [0.25, 0.3) is 0 Å². The molecular weight excluding hydrogens is 1780 g/mol. The monoisotopic (exact) mass is 1950 g/mol. The van der Waals surface area contributed by atoms with Gasteiger partial charge in [-0.2, -0.15) is 0 Å². The predicted molar refractivity (Wildman–Crippen MR) is 486 cm³/mol. The van der Waals surface area contributed by atoms with Crippen LogP contribution in [0.1, 0.15) is 71.6 Å². The average Bonchev–Trinajstić information content (AvgIpc) is 1.83. The van der Waals surface area contributed by atoms with Crippen LogP contribution in [-0.4, -0.2) is 506 Å². The molecule has 7 amide bonds. The van der Waals surface area contributed by atoms with Crippen molar-refractivity contribution < 1.29 is 180 Å². The first-order chi connectivity index (χ1) is 65.4. The number of carbonyl (C=O) groups is 7. The average molecular weight is 1950 g/mol. The maximum atomic E-state index is 13.9. The Kier molecular flexibility index (Phi) is 97.1. The number of imide groups is 1. The Morgan fingerprint density at radius 1 is 0.271 bits per heavy atom. The van der Waals surface area contributed by atoms with Gasteiger partial charge < -0.3 is 173 Å². The SMILES string of the molecule is COCCOCCOCCOCCOCCOCCOCCOCCNC(=O)CCOCC(COCCC(=O)NCCOCCOCCOCCOCCOCCOCCOCCOC)(COCCC(=O)NCCOCCOCCOCCOCCOCCOCCOCCOC)NC(=O)CCOCCOCCOCCOCCNC(=O)CCCCCN1C(=O)CC(SC(C)C)C1=O. The molecule has 133 heavy (non-hydrogen) atoms. The number of hydrogen-bond acceptors (Lipinski definition) is 39. The van der Waals surface area contributed by atoms with Crippen LogP contribution in [0.3, 0.4) is 0 Å². The molecule has 1 rings (SSSR count). The number of carbonyl (C=O) groups excluding carboxylic acids is 7. The summed E-state index contributed by atoms with van der Waals surface area (Å²) in [6.45, 7) is 25.5. The Hall–Kier alpha value is -4.40. The summed E-state index contributed by atoms with van der Waals surface area (Å²) in [6.07, 6.45) is 2.37. The predicted octanol–water partition coefficient (Wildman–Crippen LogP) is 0.100. The first-order valence-corrected chi connectivity index (χ1v) is 47.8. The second kappa shape index (κ2) is 102. The molecule has 44 nitrogen and oxygen atoms in total. The van der Waals surface area contributed by atoms with Crippen LogP contribution < -0.4 is 26.6 Å². The Morgan fingerprint density at radius 2 is 0.474 bits per heavy atom. The van der Waals surface area contributed by atoms with Crippen molar-refractivity contribution in [3.05, 3.63) is 0 Å². The number of nitrogens with one attached hydrogen (secondary N) is 5. The number of hydrogen-bond donors (Lipinski definition) is 5. The highest BCUT2D eigenvalue weighted by molar-refractivity contribution is 8.01. The van der Waals surface area contributed by atoms with Gasteiger partial charge in [-0.05, 0) is 18.1 Å². The minimum absolute atomic E-state index is 0.0118. The Morgan fingerprint density at radius 3 is 0.707 bits per heavy atom. The van der Waals surface area contributed by atoms with Crippen molar-refractivity contribution in [1.29, 1.82) is 0 Å². The summed E-state index contributed by atoms with van der Waals surface area (Å²) in [5.41, 5.74) is -1.40. The summed E-state index contributed by atoms with van der Waals surface area (Å²) in [5, 5.41) is 14.3. The van der Waals surface area contributed by atoms with E-state index in [4.69, 9.17) is 147 Å². The van der Waals surface area contributed by atoms with Gasteiger partial charge in [0, 0.05) is 92.6 Å². The molecule has 0 spiro atoms. The van der Waals surface area contributed by atoms with Crippen molar-refractivity contribution >= 4 is 53.1 Å². The second-order valence-electron chi connectivity index (χ2n) is 29.2. The smallest absolute Gasteiger partial charge is 0.242 e. The number of rotatable bonds is 111. The molecule has 0 aliphatic carbocycles. The first kappa shape index (κ1) is 127. The fraction of sp³-hybridized carbons (Fsp3) is 0.920. The first-order valence-electron chi connectivity index (χ1n) is 46.9. The third-order valence-electron chi connectivity index (χ3n) is 17.7. The lowest BCUT2D eigenvalue weighted by Gasteiger charge is -2.34. The molecule has 0 radical (unpaired) electrons. The number of ether oxygens (including phenoxy) is 31. The molecule has 0 bridgehead atoms. The minimum atomic E-state index is -1.40. The number of amides is 7. The van der Waals surface area contributed by atoms with E-state index in [2.05, 4.69) is 26.6 Å². The maximum Gasteiger partial charge on any atom is 0.242 e. The molecule has 0 aromatic rings. The highest BCUT2D eigenvalue weighted by Crippen LogP contribution is 2.28. The minimum Gasteiger partial charge on any atom is -0.382 e. The molecule has 1 saturated heterocycles. The Labute approximate surface area is 793 Å². The molecule has 1 heterocycles. The normalized spacial score (nSPS) is 12.9. The van der Waals surface area contributed by atoms with Gasteiger partial charge in [0.2, 0.25) is 41.4 Å². The van der Waals surface area contributed by atoms with Crippen molar-refractivity contribution in [3.8, 4) is 0 Å². The molecule has 1 aliphatic heterocycles. The lowest BCUT2D eigenvalue weighted by molar-refractivity contribution is -0.138. The van der Waals surface area contributed by atoms with Gasteiger partial charge in [-0.3, -0.25) is 38.5 Å². The molecule has 0 aromatic carbocycles. The number of likely N-dealkylation sites (tertiary alicyclic amines) is 1. The fourth-order valence-electron chi connectivity index (χ4n) is 11.0. The number of nitrogens with zero attached hydrogens (tertiary/aromatic N) is 1. The molecule has 1 atom stereocenters. The van der Waals surface area contributed by atoms with Gasteiger partial charge in [0.1, 0.15) is 5.54 Å². The second-order valence-corrected chi connectivity index (χ2v) is 31.0. The van der Waals surface area contributed by atoms with Crippen molar-refractivity contribution in [2.75, 3.05) is 444 Å². The van der Waals surface area contributed by atoms with E-state index in [0.29, 0.717) is 336 Å². The van der Waals surface area contributed by atoms with E-state index < -0.39 is 11.4 Å². The highest BCUT2D eigenvalue weighted by Gasteiger charge is 2.39. The van der Waals surface area contributed by atoms with Gasteiger partial charge in [-0.1, -0.05) is 20.3 Å². The molecular formula is C88H168N6O38S. The topological polar surface area (TPSA) is 469 Å². The fourth-order valence-corrected chi connectivity index (χ4v) is 12.1. The van der Waals surface area contributed by atoms with E-state index in [0.717, 1.165) is 6.42 Å². The van der Waals surface area contributed by atoms with E-state index >= 15 is 0 Å². The summed E-state index contributed by atoms with van der Waals surface area (Å²) in [6, 6.07) is 0. The van der Waals surface area contributed by atoms with E-state index in [9.17, 15) is 33.6 Å². The zero-order valence-electron chi connectivity index (χ0n) is 80.6. The molecule has 1 fully saturated rings. The summed E-state index contributed by atoms with van der Waals surface area (Å²) < 4.78 is 172. The molecule has 0 saturated carbocycles. The number of unbranched alkanes of at least 4 members (excludes halogenated alkanes) is 2. The Balaban J connectivity index is 2.74. The third-order valence-corrected chi connectivity index (χ3v) is 19.0. The van der Waals surface area contributed by atoms with Crippen molar-refractivity contribution in [2.24, 2.45) is 0 Å². The van der Waals surface area contributed by atoms with Gasteiger partial charge in [-0.25, -0.2) is 0 Å². The van der Waals surface area contributed by atoms with Crippen LogP contribution in [0.25, 0.3) is 0 Å². The molecule has 1 aliphatic rings. The van der Waals surface area contributed by atoms with Crippen LogP contribution in [0, 0.1) is 0 Å². The summed E-state index contributed by atoms with van der Waals surface area (Å²) in [5.74, 6) is -1.72. The zero-order valence-corrected chi connectivity index (χ0v) is 81.5. The third kappa shape index (κ3) is 91.2. The van der Waals surface area contributed by atoms with Gasteiger partial charge >= 0.3 is 0 Å². The van der Waals surface area contributed by atoms with E-state index in [1.165, 1.54) is 16.7 Å². The number of methoxy groups -OCH3 is 3. The summed E-state index contributed by atoms with van der Waals surface area (Å²) in [4.78, 5) is 91.8. The van der Waals surface area contributed by atoms with E-state index in [1.807, 2.05) is 13.8 Å². The largest absolute Gasteiger partial charge is 0.382 e. The quantitative estimate of drug-likeness (QED) is 0.0398. The lowest BCUT2D eigenvalue weighted by atomic mass is 10.0. The summed E-state index contributed by atoms with van der Waals surface area (Å²) in [7, 11) is 4.88. The Bertz CT molecular complexity index is 2420. The molecule has 0 aromatic heterocycles. The summed E-state index contributed by atoms with van der Waals surface area (Å²) >= 11 is 1.52. The van der Waals surface area contributed by atoms with Crippen LogP contribution >= 0.6 is 11.8 Å². The molecule has 1 unspecified atom stereocenters. The number of thioether (sulfide) groups is 1. The highest BCUT2D eigenvalue weighted by atomic mass is 32.2. The lowest BCUT2D eigenvalue weighted by Crippen LogP contribution is -2.59. The van der Waals surface area contributed by atoms with Crippen LogP contribution in [0.15, 0.2) is 0 Å². The molecule has 45 heteroatoms. The van der Waals surface area contributed by atoms with Crippen molar-refractivity contribution in [3.63, 3.8) is 0 Å². The van der Waals surface area contributed by atoms with Crippen molar-refractivity contribution in [2.45, 2.75) is 87.7 Å². The van der Waals surface area contributed by atoms with E-state index in [-0.39, 0.29) is 184 Å².